The van der Waals surface area contributed by atoms with Gasteiger partial charge >= 0.3 is 21.1 Å². The molecule has 0 aliphatic heterocycles. The van der Waals surface area contributed by atoms with E-state index < -0.39 is 0 Å². The SMILES string of the molecule is CCc1ccnc(-n2c3[c-]c(Oc4[c-]c(-n5cc(-c6c(C)cccc6C)cn5)cc(C)c4)ccc3c3ccccc32)c1.[Pt+2]. The summed E-state index contributed by atoms with van der Waals surface area (Å²) in [7, 11) is 0. The molecule has 3 heterocycles. The Kier molecular flexibility index (Phi) is 7.77. The van der Waals surface area contributed by atoms with E-state index in [1.165, 1.54) is 22.3 Å². The van der Waals surface area contributed by atoms with Crippen LogP contribution in [0.2, 0.25) is 0 Å². The van der Waals surface area contributed by atoms with Gasteiger partial charge in [0.15, 0.2) is 0 Å². The van der Waals surface area contributed by atoms with Crippen LogP contribution in [-0.4, -0.2) is 19.3 Å². The van der Waals surface area contributed by atoms with Crippen molar-refractivity contribution in [2.24, 2.45) is 0 Å². The minimum atomic E-state index is 0. The first kappa shape index (κ1) is 28.6. The van der Waals surface area contributed by atoms with Crippen molar-refractivity contribution in [3.8, 4) is 34.1 Å². The summed E-state index contributed by atoms with van der Waals surface area (Å²) in [4.78, 5) is 4.72. The van der Waals surface area contributed by atoms with Crippen LogP contribution in [0.15, 0.2) is 97.5 Å². The van der Waals surface area contributed by atoms with Crippen LogP contribution in [0.4, 0.5) is 0 Å². The van der Waals surface area contributed by atoms with Crippen LogP contribution in [-0.2, 0) is 27.5 Å². The zero-order chi connectivity index (χ0) is 28.8. The summed E-state index contributed by atoms with van der Waals surface area (Å²) in [6.07, 6.45) is 6.78. The first-order valence-electron chi connectivity index (χ1n) is 14.2. The summed E-state index contributed by atoms with van der Waals surface area (Å²) < 4.78 is 10.4. The maximum atomic E-state index is 6.40. The molecule has 7 aromatic rings. The molecular weight excluding hydrogens is 712 g/mol. The summed E-state index contributed by atoms with van der Waals surface area (Å²) >= 11 is 0. The molecule has 4 aromatic carbocycles. The molecular formula is C37H30N4OPt. The quantitative estimate of drug-likeness (QED) is 0.160. The summed E-state index contributed by atoms with van der Waals surface area (Å²) in [5.74, 6) is 2.10. The van der Waals surface area contributed by atoms with Gasteiger partial charge < -0.3 is 9.30 Å². The average molecular weight is 742 g/mol. The molecule has 43 heavy (non-hydrogen) atoms. The first-order chi connectivity index (χ1) is 20.5. The number of aryl methyl sites for hydroxylation is 4. The van der Waals surface area contributed by atoms with Crippen LogP contribution in [0, 0.1) is 32.9 Å². The van der Waals surface area contributed by atoms with Gasteiger partial charge in [-0.3, -0.25) is 4.68 Å². The maximum absolute atomic E-state index is 6.40. The standard InChI is InChI=1S/C37H30N4O.Pt/c1-5-27-15-16-38-36(19-27)41-34-12-7-6-11-32(34)33-14-13-30(21-35(33)41)42-31-18-24(2)17-29(20-31)40-23-28(22-39-40)37-25(3)9-8-10-26(37)4;/h6-19,22-23H,5H2,1-4H3;/q-2;+2. The van der Waals surface area contributed by atoms with E-state index in [-0.39, 0.29) is 21.1 Å². The second-order valence-electron chi connectivity index (χ2n) is 10.8. The Labute approximate surface area is 266 Å². The van der Waals surface area contributed by atoms with Crippen LogP contribution >= 0.6 is 0 Å². The molecule has 0 unspecified atom stereocenters. The Morgan fingerprint density at radius 3 is 2.44 bits per heavy atom. The third-order valence-corrected chi connectivity index (χ3v) is 7.80. The molecule has 0 bridgehead atoms. The molecule has 0 radical (unpaired) electrons. The Morgan fingerprint density at radius 2 is 1.63 bits per heavy atom. The Morgan fingerprint density at radius 1 is 0.814 bits per heavy atom. The third kappa shape index (κ3) is 5.30. The van der Waals surface area contributed by atoms with Gasteiger partial charge in [-0.2, -0.15) is 16.7 Å². The molecule has 0 aliphatic rings. The summed E-state index contributed by atoms with van der Waals surface area (Å²) in [6.45, 7) is 8.47. The van der Waals surface area contributed by atoms with E-state index in [2.05, 4.69) is 122 Å². The topological polar surface area (TPSA) is 44.9 Å². The van der Waals surface area contributed by atoms with Crippen LogP contribution in [0.1, 0.15) is 29.2 Å². The Hall–Kier alpha value is -4.47. The number of para-hydroxylation sites is 1. The van der Waals surface area contributed by atoms with Crippen molar-refractivity contribution in [2.45, 2.75) is 34.1 Å². The van der Waals surface area contributed by atoms with Crippen molar-refractivity contribution >= 4 is 21.8 Å². The van der Waals surface area contributed by atoms with Crippen molar-refractivity contribution in [1.29, 1.82) is 0 Å². The van der Waals surface area contributed by atoms with Gasteiger partial charge in [-0.05, 0) is 71.8 Å². The molecule has 0 amide bonds. The van der Waals surface area contributed by atoms with Crippen molar-refractivity contribution in [3.05, 3.63) is 132 Å². The van der Waals surface area contributed by atoms with Gasteiger partial charge in [0.05, 0.1) is 6.20 Å². The first-order valence-corrected chi connectivity index (χ1v) is 14.2. The van der Waals surface area contributed by atoms with Gasteiger partial charge in [0, 0.05) is 35.0 Å². The van der Waals surface area contributed by atoms with Crippen LogP contribution in [0.3, 0.4) is 0 Å². The van der Waals surface area contributed by atoms with Gasteiger partial charge in [-0.1, -0.05) is 55.8 Å². The van der Waals surface area contributed by atoms with Crippen molar-refractivity contribution in [3.63, 3.8) is 0 Å². The molecule has 0 saturated carbocycles. The fourth-order valence-electron chi connectivity index (χ4n) is 5.79. The normalized spacial score (nSPS) is 11.2. The molecule has 6 heteroatoms. The molecule has 0 atom stereocenters. The number of nitrogens with zero attached hydrogens (tertiary/aromatic N) is 4. The zero-order valence-electron chi connectivity index (χ0n) is 24.5. The van der Waals surface area contributed by atoms with Gasteiger partial charge in [-0.15, -0.1) is 35.7 Å². The summed E-state index contributed by atoms with van der Waals surface area (Å²) in [5.41, 5.74) is 9.87. The third-order valence-electron chi connectivity index (χ3n) is 7.80. The van der Waals surface area contributed by atoms with E-state index in [9.17, 15) is 0 Å². The summed E-state index contributed by atoms with van der Waals surface area (Å²) in [5, 5.41) is 6.93. The zero-order valence-corrected chi connectivity index (χ0v) is 26.7. The molecule has 3 aromatic heterocycles. The van der Waals surface area contributed by atoms with Crippen LogP contribution in [0.25, 0.3) is 44.4 Å². The Bertz CT molecular complexity index is 2090. The number of pyridine rings is 1. The van der Waals surface area contributed by atoms with Crippen LogP contribution < -0.4 is 4.74 Å². The largest absolute Gasteiger partial charge is 2.00 e. The van der Waals surface area contributed by atoms with E-state index in [1.807, 2.05) is 29.2 Å². The molecule has 0 spiro atoms. The Balaban J connectivity index is 0.00000329. The fraction of sp³-hybridized carbons (Fsp3) is 0.135. The number of hydrogen-bond donors (Lipinski definition) is 0. The smallest absolute Gasteiger partial charge is 0.509 e. The number of fused-ring (bicyclic) bond motifs is 3. The minimum Gasteiger partial charge on any atom is -0.509 e. The van der Waals surface area contributed by atoms with Crippen molar-refractivity contribution in [2.75, 3.05) is 0 Å². The second-order valence-corrected chi connectivity index (χ2v) is 10.8. The fourth-order valence-corrected chi connectivity index (χ4v) is 5.79. The predicted molar refractivity (Wildman–Crippen MR) is 169 cm³/mol. The maximum Gasteiger partial charge on any atom is 2.00 e. The summed E-state index contributed by atoms with van der Waals surface area (Å²) in [6, 6.07) is 34.0. The molecule has 0 fully saturated rings. The van der Waals surface area contributed by atoms with Gasteiger partial charge in [0.2, 0.25) is 0 Å². The van der Waals surface area contributed by atoms with E-state index in [0.29, 0.717) is 11.5 Å². The van der Waals surface area contributed by atoms with Crippen molar-refractivity contribution in [1.82, 2.24) is 19.3 Å². The van der Waals surface area contributed by atoms with Gasteiger partial charge in [-0.25, -0.2) is 4.98 Å². The number of rotatable bonds is 6. The van der Waals surface area contributed by atoms with Gasteiger partial charge in [0.1, 0.15) is 5.82 Å². The van der Waals surface area contributed by atoms with E-state index in [4.69, 9.17) is 9.72 Å². The molecule has 214 valence electrons. The number of aromatic nitrogens is 4. The molecule has 0 saturated heterocycles. The second kappa shape index (κ2) is 11.7. The van der Waals surface area contributed by atoms with E-state index in [0.717, 1.165) is 50.9 Å². The monoisotopic (exact) mass is 741 g/mol. The number of hydrogen-bond acceptors (Lipinski definition) is 3. The molecule has 5 nitrogen and oxygen atoms in total. The number of ether oxygens (including phenoxy) is 1. The number of benzene rings is 4. The van der Waals surface area contributed by atoms with Crippen LogP contribution in [0.5, 0.6) is 11.5 Å². The average Bonchev–Trinajstić information content (AvgIpc) is 3.60. The molecule has 0 aliphatic carbocycles. The minimum absolute atomic E-state index is 0. The van der Waals surface area contributed by atoms with Crippen molar-refractivity contribution < 1.29 is 25.8 Å². The van der Waals surface area contributed by atoms with E-state index in [1.54, 1.807) is 0 Å². The molecule has 0 N–H and O–H groups in total. The van der Waals surface area contributed by atoms with Gasteiger partial charge in [0.25, 0.3) is 0 Å². The van der Waals surface area contributed by atoms with E-state index >= 15 is 0 Å². The predicted octanol–water partition coefficient (Wildman–Crippen LogP) is 8.91. The molecule has 7 rings (SSSR count).